The topological polar surface area (TPSA) is 112 Å². The number of hydrogen-bond acceptors (Lipinski definition) is 8. The molecule has 0 aromatic carbocycles. The molecule has 0 saturated carbocycles. The van der Waals surface area contributed by atoms with Crippen LogP contribution >= 0.6 is 0 Å². The maximum Gasteiger partial charge on any atom is 0.340 e. The summed E-state index contributed by atoms with van der Waals surface area (Å²) in [5.41, 5.74) is 7.90. The van der Waals surface area contributed by atoms with Gasteiger partial charge in [-0.25, -0.2) is 19.7 Å². The van der Waals surface area contributed by atoms with E-state index in [1.165, 1.54) is 0 Å². The molecule has 0 aliphatic carbocycles. The maximum atomic E-state index is 12.0. The van der Waals surface area contributed by atoms with Gasteiger partial charge in [-0.3, -0.25) is 0 Å². The normalized spacial score (nSPS) is 16.2. The Morgan fingerprint density at radius 2 is 2.03 bits per heavy atom. The summed E-state index contributed by atoms with van der Waals surface area (Å²) in [5.74, 6) is 1.41. The molecule has 0 unspecified atom stereocenters. The van der Waals surface area contributed by atoms with E-state index in [1.807, 2.05) is 33.8 Å². The zero-order valence-corrected chi connectivity index (χ0v) is 17.5. The standard InChI is InChI=1S/C22H25N5O3/c1-5-29-20-15-10-24-19(9-14(15)16(11-25-20)22(3,4)23)27-18-7-6-13-17(26-18)8-12(2)30-21(13)28/h6-7,9-12H,5,8,23H2,1-4H3,(H,24,26,27)/t12-/m0/s1. The molecule has 3 N–H and O–H groups in total. The molecule has 3 aromatic heterocycles. The minimum atomic E-state index is -0.588. The Hall–Kier alpha value is -3.26. The lowest BCUT2D eigenvalue weighted by atomic mass is 9.93. The second kappa shape index (κ2) is 7.53. The molecule has 4 rings (SSSR count). The number of pyridine rings is 3. The third kappa shape index (κ3) is 3.78. The molecule has 0 amide bonds. The Labute approximate surface area is 174 Å². The molecule has 0 saturated heterocycles. The molecule has 1 aliphatic heterocycles. The Balaban J connectivity index is 1.73. The van der Waals surface area contributed by atoms with Gasteiger partial charge in [-0.1, -0.05) is 0 Å². The number of anilines is 2. The quantitative estimate of drug-likeness (QED) is 0.618. The fraction of sp³-hybridized carbons (Fsp3) is 0.364. The Bertz CT molecular complexity index is 1120. The van der Waals surface area contributed by atoms with Crippen molar-refractivity contribution in [3.8, 4) is 5.88 Å². The first-order chi connectivity index (χ1) is 14.3. The van der Waals surface area contributed by atoms with E-state index in [2.05, 4.69) is 20.3 Å². The van der Waals surface area contributed by atoms with Crippen LogP contribution in [0.4, 0.5) is 11.6 Å². The van der Waals surface area contributed by atoms with E-state index in [0.29, 0.717) is 36.1 Å². The summed E-state index contributed by atoms with van der Waals surface area (Å²) < 4.78 is 10.9. The second-order valence-corrected chi connectivity index (χ2v) is 7.98. The van der Waals surface area contributed by atoms with E-state index in [9.17, 15) is 4.79 Å². The predicted molar refractivity (Wildman–Crippen MR) is 114 cm³/mol. The molecule has 0 radical (unpaired) electrons. The number of esters is 1. The van der Waals surface area contributed by atoms with Crippen LogP contribution in [0.3, 0.4) is 0 Å². The van der Waals surface area contributed by atoms with Gasteiger partial charge in [0.15, 0.2) is 0 Å². The molecular formula is C22H25N5O3. The van der Waals surface area contributed by atoms with Crippen LogP contribution in [0.5, 0.6) is 5.88 Å². The molecule has 8 heteroatoms. The van der Waals surface area contributed by atoms with Gasteiger partial charge in [0.25, 0.3) is 0 Å². The summed E-state index contributed by atoms with van der Waals surface area (Å²) >= 11 is 0. The van der Waals surface area contributed by atoms with Gasteiger partial charge in [0, 0.05) is 24.4 Å². The van der Waals surface area contributed by atoms with E-state index in [0.717, 1.165) is 22.0 Å². The van der Waals surface area contributed by atoms with E-state index in [1.54, 1.807) is 24.5 Å². The summed E-state index contributed by atoms with van der Waals surface area (Å²) in [6.07, 6.45) is 3.87. The summed E-state index contributed by atoms with van der Waals surface area (Å²) in [6, 6.07) is 5.39. The number of nitrogens with zero attached hydrogens (tertiary/aromatic N) is 3. The molecule has 1 atom stereocenters. The van der Waals surface area contributed by atoms with E-state index >= 15 is 0 Å². The van der Waals surface area contributed by atoms with Gasteiger partial charge in [0.05, 0.1) is 23.3 Å². The molecule has 0 fully saturated rings. The molecule has 0 bridgehead atoms. The summed E-state index contributed by atoms with van der Waals surface area (Å²) in [7, 11) is 0. The smallest absolute Gasteiger partial charge is 0.340 e. The van der Waals surface area contributed by atoms with E-state index in [4.69, 9.17) is 15.2 Å². The fourth-order valence-electron chi connectivity index (χ4n) is 3.55. The molecule has 0 spiro atoms. The van der Waals surface area contributed by atoms with Crippen molar-refractivity contribution in [2.75, 3.05) is 11.9 Å². The Morgan fingerprint density at radius 1 is 1.23 bits per heavy atom. The lowest BCUT2D eigenvalue weighted by molar-refractivity contribution is 0.0297. The van der Waals surface area contributed by atoms with Crippen LogP contribution in [-0.4, -0.2) is 33.6 Å². The number of carbonyl (C=O) groups is 1. The van der Waals surface area contributed by atoms with Crippen LogP contribution in [0.25, 0.3) is 10.8 Å². The van der Waals surface area contributed by atoms with Crippen molar-refractivity contribution in [1.29, 1.82) is 0 Å². The average molecular weight is 407 g/mol. The average Bonchev–Trinajstić information content (AvgIpc) is 2.67. The highest BCUT2D eigenvalue weighted by Crippen LogP contribution is 2.33. The zero-order valence-electron chi connectivity index (χ0n) is 17.5. The fourth-order valence-corrected chi connectivity index (χ4v) is 3.55. The minimum Gasteiger partial charge on any atom is -0.477 e. The highest BCUT2D eigenvalue weighted by atomic mass is 16.5. The summed E-state index contributed by atoms with van der Waals surface area (Å²) in [5, 5.41) is 4.94. The highest BCUT2D eigenvalue weighted by Gasteiger charge is 2.25. The van der Waals surface area contributed by atoms with Crippen molar-refractivity contribution in [3.63, 3.8) is 0 Å². The Morgan fingerprint density at radius 3 is 2.77 bits per heavy atom. The molecule has 156 valence electrons. The van der Waals surface area contributed by atoms with Crippen LogP contribution in [0.2, 0.25) is 0 Å². The van der Waals surface area contributed by atoms with Crippen molar-refractivity contribution in [1.82, 2.24) is 15.0 Å². The third-order valence-corrected chi connectivity index (χ3v) is 4.95. The largest absolute Gasteiger partial charge is 0.477 e. The number of hydrogen-bond donors (Lipinski definition) is 2. The first-order valence-corrected chi connectivity index (χ1v) is 9.95. The molecule has 8 nitrogen and oxygen atoms in total. The monoisotopic (exact) mass is 407 g/mol. The van der Waals surface area contributed by atoms with Gasteiger partial charge in [-0.2, -0.15) is 0 Å². The number of nitrogens with two attached hydrogens (primary N) is 1. The predicted octanol–water partition coefficient (Wildman–Crippen LogP) is 3.46. The van der Waals surface area contributed by atoms with Gasteiger partial charge in [-0.05, 0) is 56.8 Å². The lowest BCUT2D eigenvalue weighted by Crippen LogP contribution is -2.29. The van der Waals surface area contributed by atoms with Crippen LogP contribution in [-0.2, 0) is 16.7 Å². The third-order valence-electron chi connectivity index (χ3n) is 4.95. The number of aromatic nitrogens is 3. The minimum absolute atomic E-state index is 0.189. The maximum absolute atomic E-state index is 12.0. The number of cyclic esters (lactones) is 1. The highest BCUT2D eigenvalue weighted by molar-refractivity contribution is 5.93. The number of ether oxygens (including phenoxy) is 2. The first-order valence-electron chi connectivity index (χ1n) is 9.95. The van der Waals surface area contributed by atoms with Gasteiger partial charge >= 0.3 is 5.97 Å². The number of nitrogens with one attached hydrogen (secondary N) is 1. The van der Waals surface area contributed by atoms with Gasteiger partial charge < -0.3 is 20.5 Å². The van der Waals surface area contributed by atoms with Crippen molar-refractivity contribution in [2.24, 2.45) is 5.73 Å². The zero-order chi connectivity index (χ0) is 21.5. The number of fused-ring (bicyclic) bond motifs is 2. The van der Waals surface area contributed by atoms with Gasteiger partial charge in [0.2, 0.25) is 5.88 Å². The molecular weight excluding hydrogens is 382 g/mol. The van der Waals surface area contributed by atoms with E-state index < -0.39 is 5.54 Å². The second-order valence-electron chi connectivity index (χ2n) is 7.98. The van der Waals surface area contributed by atoms with Crippen LogP contribution in [0, 0.1) is 0 Å². The van der Waals surface area contributed by atoms with Crippen LogP contribution in [0.15, 0.2) is 30.6 Å². The molecule has 30 heavy (non-hydrogen) atoms. The summed E-state index contributed by atoms with van der Waals surface area (Å²) in [6.45, 7) is 8.14. The molecule has 1 aliphatic rings. The van der Waals surface area contributed by atoms with E-state index in [-0.39, 0.29) is 12.1 Å². The van der Waals surface area contributed by atoms with Crippen molar-refractivity contribution in [3.05, 3.63) is 47.4 Å². The number of rotatable bonds is 5. The van der Waals surface area contributed by atoms with Gasteiger partial charge in [0.1, 0.15) is 17.7 Å². The van der Waals surface area contributed by atoms with Crippen LogP contribution in [0.1, 0.15) is 49.3 Å². The van der Waals surface area contributed by atoms with Crippen LogP contribution < -0.4 is 15.8 Å². The summed E-state index contributed by atoms with van der Waals surface area (Å²) in [4.78, 5) is 25.5. The first kappa shape index (κ1) is 20.0. The van der Waals surface area contributed by atoms with Gasteiger partial charge in [-0.15, -0.1) is 0 Å². The Kier molecular flexibility index (Phi) is 5.03. The van der Waals surface area contributed by atoms with Crippen molar-refractivity contribution < 1.29 is 14.3 Å². The molecule has 4 heterocycles. The molecule has 3 aromatic rings. The lowest BCUT2D eigenvalue weighted by Gasteiger charge is -2.22. The SMILES string of the molecule is CCOc1ncc(C(C)(C)N)c2cc(Nc3ccc4c(n3)C[C@H](C)OC4=O)ncc12. The van der Waals surface area contributed by atoms with Crippen molar-refractivity contribution in [2.45, 2.75) is 45.8 Å². The van der Waals surface area contributed by atoms with Crippen molar-refractivity contribution >= 4 is 28.4 Å². The number of carbonyl (C=O) groups excluding carboxylic acids is 1.